The third-order valence-electron chi connectivity index (χ3n) is 6.34. The Hall–Kier alpha value is -3.53. The number of rotatable bonds is 6. The summed E-state index contributed by atoms with van der Waals surface area (Å²) in [5.74, 6) is 1.57. The Labute approximate surface area is 206 Å². The van der Waals surface area contributed by atoms with Gasteiger partial charge in [-0.2, -0.15) is 13.2 Å². The molecule has 0 radical (unpaired) electrons. The predicted octanol–water partition coefficient (Wildman–Crippen LogP) is 4.87. The van der Waals surface area contributed by atoms with Crippen molar-refractivity contribution >= 4 is 22.6 Å². The van der Waals surface area contributed by atoms with Crippen molar-refractivity contribution < 1.29 is 32.2 Å². The van der Waals surface area contributed by atoms with Crippen LogP contribution in [0.1, 0.15) is 34.3 Å². The Morgan fingerprint density at radius 3 is 2.44 bits per heavy atom. The number of hydrogen-bond acceptors (Lipinski definition) is 6. The maximum absolute atomic E-state index is 13.5. The van der Waals surface area contributed by atoms with E-state index >= 15 is 0 Å². The molecule has 0 aliphatic carbocycles. The maximum Gasteiger partial charge on any atom is 0.416 e. The molecule has 3 heterocycles. The molecule has 0 spiro atoms. The summed E-state index contributed by atoms with van der Waals surface area (Å²) in [6.07, 6.45) is -2.88. The zero-order valence-corrected chi connectivity index (χ0v) is 20.0. The Balaban J connectivity index is 1.50. The summed E-state index contributed by atoms with van der Waals surface area (Å²) in [5, 5.41) is 0.832. The average Bonchev–Trinajstić information content (AvgIpc) is 3.52. The number of aromatic nitrogens is 1. The molecular weight excluding hydrogens is 475 g/mol. The van der Waals surface area contributed by atoms with Crippen molar-refractivity contribution in [1.29, 1.82) is 0 Å². The van der Waals surface area contributed by atoms with Gasteiger partial charge in [0.2, 0.25) is 6.79 Å². The second kappa shape index (κ2) is 9.50. The third-order valence-corrected chi connectivity index (χ3v) is 6.34. The zero-order valence-electron chi connectivity index (χ0n) is 20.0. The quantitative estimate of drug-likeness (QED) is 0.480. The second-order valence-corrected chi connectivity index (χ2v) is 9.16. The molecule has 0 bridgehead atoms. The molecular formula is C26H26F3N3O4. The number of pyridine rings is 1. The number of anilines is 1. The van der Waals surface area contributed by atoms with Crippen LogP contribution in [-0.4, -0.2) is 55.9 Å². The largest absolute Gasteiger partial charge is 0.454 e. The van der Waals surface area contributed by atoms with Crippen LogP contribution in [0.25, 0.3) is 10.9 Å². The number of ether oxygens (including phenoxy) is 3. The van der Waals surface area contributed by atoms with E-state index in [0.717, 1.165) is 41.4 Å². The molecule has 2 aliphatic heterocycles. The van der Waals surface area contributed by atoms with E-state index in [1.807, 2.05) is 37.2 Å². The number of amides is 1. The van der Waals surface area contributed by atoms with Gasteiger partial charge in [-0.3, -0.25) is 4.79 Å². The summed E-state index contributed by atoms with van der Waals surface area (Å²) in [7, 11) is 3.74. The minimum Gasteiger partial charge on any atom is -0.454 e. The van der Waals surface area contributed by atoms with Crippen molar-refractivity contribution in [1.82, 2.24) is 9.88 Å². The first-order valence-corrected chi connectivity index (χ1v) is 11.7. The van der Waals surface area contributed by atoms with Gasteiger partial charge in [0.1, 0.15) is 5.82 Å². The van der Waals surface area contributed by atoms with Crippen LogP contribution in [0, 0.1) is 0 Å². The Morgan fingerprint density at radius 1 is 1.08 bits per heavy atom. The number of fused-ring (bicyclic) bond motifs is 2. The third kappa shape index (κ3) is 4.90. The van der Waals surface area contributed by atoms with Gasteiger partial charge in [-0.05, 0) is 49.2 Å². The van der Waals surface area contributed by atoms with Gasteiger partial charge in [-0.1, -0.05) is 0 Å². The van der Waals surface area contributed by atoms with Gasteiger partial charge in [0.15, 0.2) is 11.5 Å². The fourth-order valence-electron chi connectivity index (χ4n) is 4.54. The molecule has 7 nitrogen and oxygen atoms in total. The van der Waals surface area contributed by atoms with E-state index in [9.17, 15) is 18.0 Å². The number of hydrogen-bond donors (Lipinski definition) is 0. The van der Waals surface area contributed by atoms with Gasteiger partial charge in [0.05, 0.1) is 17.2 Å². The Kier molecular flexibility index (Phi) is 6.38. The van der Waals surface area contributed by atoms with Crippen molar-refractivity contribution in [3.05, 3.63) is 59.2 Å². The fraction of sp³-hybridized carbons (Fsp3) is 0.385. The molecule has 0 N–H and O–H groups in total. The van der Waals surface area contributed by atoms with Crippen LogP contribution >= 0.6 is 0 Å². The zero-order chi connectivity index (χ0) is 25.4. The molecule has 190 valence electrons. The van der Waals surface area contributed by atoms with E-state index in [2.05, 4.69) is 0 Å². The standard InChI is InChI=1S/C26H26F3N3O4/c1-31(2)24-18(10-17-11-22-23(36-15-35-22)12-21(17)30-24)13-32(14-20-4-3-9-34-20)25(33)16-5-7-19(8-6-16)26(27,28)29/h5-8,10-12,20H,3-4,9,13-15H2,1-2H3. The van der Waals surface area contributed by atoms with Crippen molar-refractivity contribution in [2.75, 3.05) is 38.9 Å². The van der Waals surface area contributed by atoms with E-state index in [4.69, 9.17) is 19.2 Å². The summed E-state index contributed by atoms with van der Waals surface area (Å²) in [6, 6.07) is 9.95. The number of carbonyl (C=O) groups is 1. The van der Waals surface area contributed by atoms with E-state index in [1.165, 1.54) is 12.1 Å². The van der Waals surface area contributed by atoms with Gasteiger partial charge < -0.3 is 24.0 Å². The van der Waals surface area contributed by atoms with Gasteiger partial charge in [-0.25, -0.2) is 4.98 Å². The highest BCUT2D eigenvalue weighted by Gasteiger charge is 2.31. The molecule has 2 aromatic carbocycles. The molecule has 1 atom stereocenters. The molecule has 1 unspecified atom stereocenters. The number of alkyl halides is 3. The normalized spacial score (nSPS) is 17.0. The lowest BCUT2D eigenvalue weighted by Crippen LogP contribution is -2.37. The van der Waals surface area contributed by atoms with Gasteiger partial charge >= 0.3 is 6.18 Å². The van der Waals surface area contributed by atoms with Gasteiger partial charge in [0.25, 0.3) is 5.91 Å². The smallest absolute Gasteiger partial charge is 0.416 e. The van der Waals surface area contributed by atoms with Crippen LogP contribution in [-0.2, 0) is 17.5 Å². The van der Waals surface area contributed by atoms with E-state index in [1.54, 1.807) is 4.90 Å². The van der Waals surface area contributed by atoms with Crippen molar-refractivity contribution in [2.45, 2.75) is 31.7 Å². The van der Waals surface area contributed by atoms with Crippen molar-refractivity contribution in [2.24, 2.45) is 0 Å². The molecule has 10 heteroatoms. The summed E-state index contributed by atoms with van der Waals surface area (Å²) < 4.78 is 55.8. The molecule has 3 aromatic rings. The fourth-order valence-corrected chi connectivity index (χ4v) is 4.54. The SMILES string of the molecule is CN(C)c1nc2cc3c(cc2cc1CN(CC1CCCO1)C(=O)c1ccc(C(F)(F)F)cc1)OCO3. The lowest BCUT2D eigenvalue weighted by molar-refractivity contribution is -0.137. The summed E-state index contributed by atoms with van der Waals surface area (Å²) in [6.45, 7) is 1.31. The molecule has 2 aliphatic rings. The minimum absolute atomic E-state index is 0.131. The topological polar surface area (TPSA) is 64.1 Å². The highest BCUT2D eigenvalue weighted by Crippen LogP contribution is 2.37. The van der Waals surface area contributed by atoms with E-state index in [0.29, 0.717) is 30.5 Å². The second-order valence-electron chi connectivity index (χ2n) is 9.16. The molecule has 1 saturated heterocycles. The van der Waals surface area contributed by atoms with Gasteiger partial charge in [0, 0.05) is 56.4 Å². The van der Waals surface area contributed by atoms with Crippen molar-refractivity contribution in [3.8, 4) is 11.5 Å². The molecule has 1 fully saturated rings. The first-order valence-electron chi connectivity index (χ1n) is 11.7. The first kappa shape index (κ1) is 24.2. The van der Waals surface area contributed by atoms with Crippen LogP contribution in [0.15, 0.2) is 42.5 Å². The monoisotopic (exact) mass is 501 g/mol. The highest BCUT2D eigenvalue weighted by molar-refractivity contribution is 5.94. The maximum atomic E-state index is 13.5. The van der Waals surface area contributed by atoms with Crippen molar-refractivity contribution in [3.63, 3.8) is 0 Å². The predicted molar refractivity (Wildman–Crippen MR) is 127 cm³/mol. The average molecular weight is 502 g/mol. The number of benzene rings is 2. The summed E-state index contributed by atoms with van der Waals surface area (Å²) in [5.41, 5.74) is 0.915. The molecule has 5 rings (SSSR count). The number of carbonyl (C=O) groups excluding carboxylic acids is 1. The lowest BCUT2D eigenvalue weighted by atomic mass is 10.1. The van der Waals surface area contributed by atoms with Crippen LogP contribution in [0.4, 0.5) is 19.0 Å². The summed E-state index contributed by atoms with van der Waals surface area (Å²) >= 11 is 0. The molecule has 36 heavy (non-hydrogen) atoms. The first-order chi connectivity index (χ1) is 17.2. The van der Waals surface area contributed by atoms with Crippen LogP contribution in [0.5, 0.6) is 11.5 Å². The molecule has 1 aromatic heterocycles. The van der Waals surface area contributed by atoms with Crippen LogP contribution < -0.4 is 14.4 Å². The minimum atomic E-state index is -4.47. The Bertz CT molecular complexity index is 1270. The lowest BCUT2D eigenvalue weighted by Gasteiger charge is -2.28. The highest BCUT2D eigenvalue weighted by atomic mass is 19.4. The van der Waals surface area contributed by atoms with Crippen LogP contribution in [0.2, 0.25) is 0 Å². The van der Waals surface area contributed by atoms with Crippen LogP contribution in [0.3, 0.4) is 0 Å². The number of nitrogens with zero attached hydrogens (tertiary/aromatic N) is 3. The van der Waals surface area contributed by atoms with Gasteiger partial charge in [-0.15, -0.1) is 0 Å². The molecule has 1 amide bonds. The van der Waals surface area contributed by atoms with E-state index < -0.39 is 11.7 Å². The Morgan fingerprint density at radius 2 is 1.81 bits per heavy atom. The van der Waals surface area contributed by atoms with E-state index in [-0.39, 0.29) is 30.9 Å². The molecule has 0 saturated carbocycles. The number of halogens is 3. The summed E-state index contributed by atoms with van der Waals surface area (Å²) in [4.78, 5) is 21.8.